The van der Waals surface area contributed by atoms with E-state index in [0.717, 1.165) is 5.92 Å². The van der Waals surface area contributed by atoms with Gasteiger partial charge in [0.1, 0.15) is 6.10 Å². The van der Waals surface area contributed by atoms with Crippen molar-refractivity contribution in [3.8, 4) is 0 Å². The molecule has 2 atom stereocenters. The highest BCUT2D eigenvalue weighted by Gasteiger charge is 2.45. The maximum Gasteiger partial charge on any atom is 0.109 e. The molecule has 80 valence electrons. The van der Waals surface area contributed by atoms with Crippen LogP contribution in [-0.4, -0.2) is 6.10 Å². The molecule has 0 radical (unpaired) electrons. The Hall–Kier alpha value is -0.820. The van der Waals surface area contributed by atoms with Crippen LogP contribution in [0.2, 0.25) is 0 Å². The third-order valence-electron chi connectivity index (χ3n) is 3.77. The summed E-state index contributed by atoms with van der Waals surface area (Å²) in [5.74, 6) is 0.837. The highest BCUT2D eigenvalue weighted by atomic mass is 16.6. The summed E-state index contributed by atoms with van der Waals surface area (Å²) in [5.41, 5.74) is 1.37. The standard InChI is InChI=1S/C14H18O/c1-3-7-11(8-4-1)13-14(15-13)12-9-5-2-6-10-12/h1,3-4,7-8,12-14H,2,5-6,9-10H2/t13-,14+/m1/s1. The first-order valence-corrected chi connectivity index (χ1v) is 6.15. The second kappa shape index (κ2) is 3.97. The van der Waals surface area contributed by atoms with E-state index in [1.165, 1.54) is 37.7 Å². The van der Waals surface area contributed by atoms with Crippen molar-refractivity contribution < 1.29 is 4.74 Å². The molecule has 1 aliphatic heterocycles. The third kappa shape index (κ3) is 1.93. The third-order valence-corrected chi connectivity index (χ3v) is 3.77. The molecule has 0 unspecified atom stereocenters. The van der Waals surface area contributed by atoms with Crippen LogP contribution in [0.3, 0.4) is 0 Å². The van der Waals surface area contributed by atoms with Crippen LogP contribution in [0.25, 0.3) is 0 Å². The fraction of sp³-hybridized carbons (Fsp3) is 0.571. The zero-order chi connectivity index (χ0) is 10.1. The van der Waals surface area contributed by atoms with Gasteiger partial charge in [-0.05, 0) is 24.3 Å². The number of hydrogen-bond acceptors (Lipinski definition) is 1. The molecule has 1 aliphatic carbocycles. The molecule has 0 spiro atoms. The fourth-order valence-corrected chi connectivity index (χ4v) is 2.86. The largest absolute Gasteiger partial charge is 0.364 e. The molecule has 3 rings (SSSR count). The van der Waals surface area contributed by atoms with Crippen molar-refractivity contribution >= 4 is 0 Å². The predicted molar refractivity (Wildman–Crippen MR) is 60.6 cm³/mol. The van der Waals surface area contributed by atoms with Crippen molar-refractivity contribution in [3.63, 3.8) is 0 Å². The minimum atomic E-state index is 0.411. The summed E-state index contributed by atoms with van der Waals surface area (Å²) in [7, 11) is 0. The van der Waals surface area contributed by atoms with E-state index in [1.54, 1.807) is 0 Å². The molecular formula is C14H18O. The van der Waals surface area contributed by atoms with Gasteiger partial charge in [-0.3, -0.25) is 0 Å². The molecule has 15 heavy (non-hydrogen) atoms. The lowest BCUT2D eigenvalue weighted by molar-refractivity contribution is 0.262. The van der Waals surface area contributed by atoms with Crippen LogP contribution < -0.4 is 0 Å². The van der Waals surface area contributed by atoms with E-state index in [4.69, 9.17) is 4.74 Å². The Labute approximate surface area is 91.5 Å². The molecule has 2 fully saturated rings. The van der Waals surface area contributed by atoms with E-state index < -0.39 is 0 Å². The Kier molecular flexibility index (Phi) is 2.49. The zero-order valence-corrected chi connectivity index (χ0v) is 9.06. The second-order valence-corrected chi connectivity index (χ2v) is 4.83. The molecule has 1 saturated carbocycles. The number of ether oxygens (including phenoxy) is 1. The smallest absolute Gasteiger partial charge is 0.109 e. The van der Waals surface area contributed by atoms with Gasteiger partial charge in [-0.15, -0.1) is 0 Å². The van der Waals surface area contributed by atoms with Crippen molar-refractivity contribution in [2.45, 2.75) is 44.3 Å². The van der Waals surface area contributed by atoms with E-state index >= 15 is 0 Å². The molecule has 1 heteroatoms. The Morgan fingerprint density at radius 1 is 0.933 bits per heavy atom. The first kappa shape index (κ1) is 9.41. The molecule has 1 aromatic rings. The maximum absolute atomic E-state index is 5.84. The summed E-state index contributed by atoms with van der Waals surface area (Å²) in [5, 5.41) is 0. The van der Waals surface area contributed by atoms with Crippen LogP contribution in [0, 0.1) is 5.92 Å². The molecule has 0 aromatic heterocycles. The van der Waals surface area contributed by atoms with E-state index in [-0.39, 0.29) is 0 Å². The van der Waals surface area contributed by atoms with Crippen LogP contribution in [0.5, 0.6) is 0 Å². The van der Waals surface area contributed by atoms with Crippen molar-refractivity contribution in [2.75, 3.05) is 0 Å². The van der Waals surface area contributed by atoms with Gasteiger partial charge in [-0.25, -0.2) is 0 Å². The molecule has 0 amide bonds. The van der Waals surface area contributed by atoms with Gasteiger partial charge >= 0.3 is 0 Å². The summed E-state index contributed by atoms with van der Waals surface area (Å²) in [6.45, 7) is 0. The first-order chi connectivity index (χ1) is 7.45. The molecular weight excluding hydrogens is 184 g/mol. The summed E-state index contributed by atoms with van der Waals surface area (Å²) >= 11 is 0. The number of hydrogen-bond donors (Lipinski definition) is 0. The van der Waals surface area contributed by atoms with Gasteiger partial charge in [0.05, 0.1) is 6.10 Å². The van der Waals surface area contributed by atoms with Crippen molar-refractivity contribution in [3.05, 3.63) is 35.9 Å². The summed E-state index contributed by atoms with van der Waals surface area (Å²) in [6, 6.07) is 10.7. The Balaban J connectivity index is 1.64. The average Bonchev–Trinajstić information content (AvgIpc) is 3.11. The minimum Gasteiger partial charge on any atom is -0.364 e. The fourth-order valence-electron chi connectivity index (χ4n) is 2.86. The Morgan fingerprint density at radius 2 is 1.67 bits per heavy atom. The Morgan fingerprint density at radius 3 is 2.40 bits per heavy atom. The average molecular weight is 202 g/mol. The maximum atomic E-state index is 5.84. The van der Waals surface area contributed by atoms with Crippen LogP contribution in [0.4, 0.5) is 0 Å². The number of epoxide rings is 1. The van der Waals surface area contributed by atoms with Crippen LogP contribution in [0.15, 0.2) is 30.3 Å². The van der Waals surface area contributed by atoms with Crippen LogP contribution in [0.1, 0.15) is 43.8 Å². The zero-order valence-electron chi connectivity index (χ0n) is 9.06. The Bertz CT molecular complexity index is 313. The lowest BCUT2D eigenvalue weighted by atomic mass is 9.85. The summed E-state index contributed by atoms with van der Waals surface area (Å²) in [6.07, 6.45) is 7.96. The van der Waals surface area contributed by atoms with Gasteiger partial charge in [0, 0.05) is 0 Å². The van der Waals surface area contributed by atoms with Gasteiger partial charge < -0.3 is 4.74 Å². The lowest BCUT2D eigenvalue weighted by Gasteiger charge is -2.19. The monoisotopic (exact) mass is 202 g/mol. The quantitative estimate of drug-likeness (QED) is 0.666. The molecule has 2 aliphatic rings. The highest BCUT2D eigenvalue weighted by molar-refractivity contribution is 5.22. The van der Waals surface area contributed by atoms with Gasteiger partial charge in [0.2, 0.25) is 0 Å². The van der Waals surface area contributed by atoms with Crippen molar-refractivity contribution in [2.24, 2.45) is 5.92 Å². The van der Waals surface area contributed by atoms with E-state index in [9.17, 15) is 0 Å². The van der Waals surface area contributed by atoms with Crippen molar-refractivity contribution in [1.82, 2.24) is 0 Å². The summed E-state index contributed by atoms with van der Waals surface area (Å²) in [4.78, 5) is 0. The van der Waals surface area contributed by atoms with E-state index in [0.29, 0.717) is 12.2 Å². The molecule has 0 N–H and O–H groups in total. The molecule has 1 nitrogen and oxygen atoms in total. The van der Waals surface area contributed by atoms with Gasteiger partial charge in [0.25, 0.3) is 0 Å². The van der Waals surface area contributed by atoms with Crippen LogP contribution >= 0.6 is 0 Å². The van der Waals surface area contributed by atoms with Gasteiger partial charge in [-0.1, -0.05) is 49.6 Å². The van der Waals surface area contributed by atoms with Gasteiger partial charge in [-0.2, -0.15) is 0 Å². The summed E-state index contributed by atoms with van der Waals surface area (Å²) < 4.78 is 5.84. The van der Waals surface area contributed by atoms with Gasteiger partial charge in [0.15, 0.2) is 0 Å². The second-order valence-electron chi connectivity index (χ2n) is 4.83. The molecule has 1 heterocycles. The van der Waals surface area contributed by atoms with E-state index in [1.807, 2.05) is 0 Å². The topological polar surface area (TPSA) is 12.5 Å². The highest BCUT2D eigenvalue weighted by Crippen LogP contribution is 2.47. The first-order valence-electron chi connectivity index (χ1n) is 6.15. The minimum absolute atomic E-state index is 0.411. The SMILES string of the molecule is c1ccc([C@H]2O[C@H]2C2CCCCC2)cc1. The van der Waals surface area contributed by atoms with E-state index in [2.05, 4.69) is 30.3 Å². The lowest BCUT2D eigenvalue weighted by Crippen LogP contribution is -2.12. The van der Waals surface area contributed by atoms with Crippen molar-refractivity contribution in [1.29, 1.82) is 0 Å². The molecule has 1 aromatic carbocycles. The normalized spacial score (nSPS) is 31.5. The molecule has 0 bridgehead atoms. The van der Waals surface area contributed by atoms with Crippen LogP contribution in [-0.2, 0) is 4.74 Å². The predicted octanol–water partition coefficient (Wildman–Crippen LogP) is 3.71. The number of benzene rings is 1. The number of rotatable bonds is 2. The molecule has 1 saturated heterocycles.